The van der Waals surface area contributed by atoms with Crippen molar-refractivity contribution in [3.8, 4) is 0 Å². The molecule has 2 N–H and O–H groups in total. The molecule has 4 nitrogen and oxygen atoms in total. The Morgan fingerprint density at radius 2 is 1.70 bits per heavy atom. The number of nitrogens with two attached hydrogens (primary N) is 1. The highest BCUT2D eigenvalue weighted by Crippen LogP contribution is 2.26. The average Bonchev–Trinajstić information content (AvgIpc) is 3.09. The number of halogens is 1. The van der Waals surface area contributed by atoms with E-state index < -0.39 is 5.54 Å². The van der Waals surface area contributed by atoms with Gasteiger partial charge in [0, 0.05) is 23.6 Å². The van der Waals surface area contributed by atoms with Crippen LogP contribution < -0.4 is 5.73 Å². The molecule has 1 aromatic carbocycles. The summed E-state index contributed by atoms with van der Waals surface area (Å²) in [4.78, 5) is 17.5. The van der Waals surface area contributed by atoms with E-state index >= 15 is 0 Å². The number of hydrogen-bond acceptors (Lipinski definition) is 3. The van der Waals surface area contributed by atoms with E-state index in [-0.39, 0.29) is 5.91 Å². The molecule has 2 fully saturated rings. The second-order valence-corrected chi connectivity index (χ2v) is 7.89. The first-order chi connectivity index (χ1) is 11.0. The lowest BCUT2D eigenvalue weighted by Crippen LogP contribution is -2.54. The highest BCUT2D eigenvalue weighted by Gasteiger charge is 2.37. The van der Waals surface area contributed by atoms with E-state index in [4.69, 9.17) is 5.73 Å². The molecule has 0 spiro atoms. The minimum atomic E-state index is -0.957. The normalized spacial score (nSPS) is 23.0. The predicted molar refractivity (Wildman–Crippen MR) is 96.1 cm³/mol. The number of hydrogen-bond donors (Lipinski definition) is 1. The fourth-order valence-corrected chi connectivity index (χ4v) is 4.05. The van der Waals surface area contributed by atoms with Crippen molar-refractivity contribution in [3.63, 3.8) is 0 Å². The second kappa shape index (κ2) is 6.91. The number of likely N-dealkylation sites (tertiary alicyclic amines) is 2. The Balaban J connectivity index is 1.62. The molecule has 2 aliphatic rings. The van der Waals surface area contributed by atoms with Crippen molar-refractivity contribution >= 4 is 21.8 Å². The molecule has 5 heteroatoms. The van der Waals surface area contributed by atoms with E-state index in [9.17, 15) is 4.79 Å². The lowest BCUT2D eigenvalue weighted by atomic mass is 9.90. The van der Waals surface area contributed by atoms with Crippen LogP contribution in [0.15, 0.2) is 28.7 Å². The molecule has 2 saturated heterocycles. The molecule has 2 aliphatic heterocycles. The van der Waals surface area contributed by atoms with Crippen LogP contribution in [0.5, 0.6) is 0 Å². The summed E-state index contributed by atoms with van der Waals surface area (Å²) in [5.74, 6) is 0.0414. The van der Waals surface area contributed by atoms with Gasteiger partial charge >= 0.3 is 0 Å². The Morgan fingerprint density at radius 3 is 2.26 bits per heavy atom. The average molecular weight is 380 g/mol. The molecular weight excluding hydrogens is 354 g/mol. The highest BCUT2D eigenvalue weighted by atomic mass is 79.9. The maximum absolute atomic E-state index is 12.9. The van der Waals surface area contributed by atoms with Gasteiger partial charge in [0.1, 0.15) is 5.54 Å². The molecule has 1 aromatic rings. The van der Waals surface area contributed by atoms with Gasteiger partial charge in [-0.1, -0.05) is 28.1 Å². The van der Waals surface area contributed by atoms with Crippen LogP contribution in [0.2, 0.25) is 0 Å². The maximum Gasteiger partial charge on any atom is 0.246 e. The van der Waals surface area contributed by atoms with E-state index in [0.29, 0.717) is 6.04 Å². The molecule has 0 radical (unpaired) electrons. The van der Waals surface area contributed by atoms with Crippen LogP contribution >= 0.6 is 15.9 Å². The van der Waals surface area contributed by atoms with Gasteiger partial charge in [0.05, 0.1) is 0 Å². The maximum atomic E-state index is 12.9. The number of rotatable bonds is 3. The monoisotopic (exact) mass is 379 g/mol. The van der Waals surface area contributed by atoms with Gasteiger partial charge in [-0.15, -0.1) is 0 Å². The molecule has 0 aliphatic carbocycles. The molecule has 3 rings (SSSR count). The number of amides is 1. The van der Waals surface area contributed by atoms with Crippen LogP contribution in [-0.4, -0.2) is 47.9 Å². The number of piperidine rings is 1. The van der Waals surface area contributed by atoms with Crippen molar-refractivity contribution in [2.24, 2.45) is 5.73 Å². The number of benzene rings is 1. The lowest BCUT2D eigenvalue weighted by molar-refractivity contribution is -0.138. The van der Waals surface area contributed by atoms with Gasteiger partial charge < -0.3 is 15.5 Å². The van der Waals surface area contributed by atoms with Crippen molar-refractivity contribution in [3.05, 3.63) is 34.3 Å². The minimum Gasteiger partial charge on any atom is -0.341 e. The van der Waals surface area contributed by atoms with Crippen LogP contribution in [0, 0.1) is 0 Å². The molecule has 1 amide bonds. The Hall–Kier alpha value is -0.910. The molecule has 0 aromatic heterocycles. The van der Waals surface area contributed by atoms with E-state index in [2.05, 4.69) is 20.8 Å². The SMILES string of the molecule is CC(N)(C(=O)N1CCC(N2CCCC2)CC1)c1ccc(Br)cc1. The first-order valence-corrected chi connectivity index (χ1v) is 9.36. The number of carbonyl (C=O) groups is 1. The fraction of sp³-hybridized carbons (Fsp3) is 0.611. The summed E-state index contributed by atoms with van der Waals surface area (Å²) in [6.07, 6.45) is 4.79. The predicted octanol–water partition coefficient (Wildman–Crippen LogP) is 2.71. The molecule has 23 heavy (non-hydrogen) atoms. The largest absolute Gasteiger partial charge is 0.341 e. The zero-order valence-electron chi connectivity index (χ0n) is 13.8. The van der Waals surface area contributed by atoms with Crippen LogP contribution in [-0.2, 0) is 10.3 Å². The zero-order valence-corrected chi connectivity index (χ0v) is 15.4. The van der Waals surface area contributed by atoms with Gasteiger partial charge in [-0.2, -0.15) is 0 Å². The standard InChI is InChI=1S/C18H26BrN3O/c1-18(20,14-4-6-15(19)7-5-14)17(23)22-12-8-16(9-13-22)21-10-2-3-11-21/h4-7,16H,2-3,8-13,20H2,1H3. The van der Waals surface area contributed by atoms with Crippen LogP contribution in [0.3, 0.4) is 0 Å². The Kier molecular flexibility index (Phi) is 5.09. The topological polar surface area (TPSA) is 49.6 Å². The van der Waals surface area contributed by atoms with E-state index in [1.54, 1.807) is 0 Å². The summed E-state index contributed by atoms with van der Waals surface area (Å²) < 4.78 is 0.996. The summed E-state index contributed by atoms with van der Waals surface area (Å²) in [5, 5.41) is 0. The highest BCUT2D eigenvalue weighted by molar-refractivity contribution is 9.10. The Labute approximate surface area is 147 Å². The van der Waals surface area contributed by atoms with Crippen molar-refractivity contribution in [1.82, 2.24) is 9.80 Å². The Bertz CT molecular complexity index is 544. The zero-order chi connectivity index (χ0) is 16.4. The van der Waals surface area contributed by atoms with Gasteiger partial charge in [0.25, 0.3) is 0 Å². The van der Waals surface area contributed by atoms with Gasteiger partial charge in [-0.05, 0) is 63.4 Å². The molecular formula is C18H26BrN3O. The van der Waals surface area contributed by atoms with E-state index in [1.807, 2.05) is 36.1 Å². The van der Waals surface area contributed by atoms with Crippen molar-refractivity contribution in [1.29, 1.82) is 0 Å². The molecule has 1 unspecified atom stereocenters. The van der Waals surface area contributed by atoms with Gasteiger partial charge in [0.15, 0.2) is 0 Å². The minimum absolute atomic E-state index is 0.0414. The van der Waals surface area contributed by atoms with E-state index in [0.717, 1.165) is 36.0 Å². The first kappa shape index (κ1) is 16.9. The second-order valence-electron chi connectivity index (χ2n) is 6.98. The third kappa shape index (κ3) is 3.62. The van der Waals surface area contributed by atoms with Crippen molar-refractivity contribution in [2.75, 3.05) is 26.2 Å². The molecule has 2 heterocycles. The number of carbonyl (C=O) groups excluding carboxylic acids is 1. The molecule has 126 valence electrons. The summed E-state index contributed by atoms with van der Waals surface area (Å²) >= 11 is 3.42. The van der Waals surface area contributed by atoms with Crippen LogP contribution in [0.25, 0.3) is 0 Å². The first-order valence-electron chi connectivity index (χ1n) is 8.57. The summed E-state index contributed by atoms with van der Waals surface area (Å²) in [6, 6.07) is 8.39. The van der Waals surface area contributed by atoms with Crippen molar-refractivity contribution < 1.29 is 4.79 Å². The lowest BCUT2D eigenvalue weighted by Gasteiger charge is -2.39. The molecule has 0 saturated carbocycles. The third-order valence-electron chi connectivity index (χ3n) is 5.30. The van der Waals surface area contributed by atoms with E-state index in [1.165, 1.54) is 25.9 Å². The van der Waals surface area contributed by atoms with Gasteiger partial charge in [-0.3, -0.25) is 4.79 Å². The smallest absolute Gasteiger partial charge is 0.246 e. The van der Waals surface area contributed by atoms with Crippen LogP contribution in [0.4, 0.5) is 0 Å². The fourth-order valence-electron chi connectivity index (χ4n) is 3.79. The molecule has 0 bridgehead atoms. The van der Waals surface area contributed by atoms with Crippen LogP contribution in [0.1, 0.15) is 38.2 Å². The van der Waals surface area contributed by atoms with Gasteiger partial charge in [0.2, 0.25) is 5.91 Å². The summed E-state index contributed by atoms with van der Waals surface area (Å²) in [6.45, 7) is 5.93. The van der Waals surface area contributed by atoms with Gasteiger partial charge in [-0.25, -0.2) is 0 Å². The molecule has 1 atom stereocenters. The summed E-state index contributed by atoms with van der Waals surface area (Å²) in [7, 11) is 0. The number of nitrogens with zero attached hydrogens (tertiary/aromatic N) is 2. The summed E-state index contributed by atoms with van der Waals surface area (Å²) in [5.41, 5.74) is 6.31. The third-order valence-corrected chi connectivity index (χ3v) is 5.83. The Morgan fingerprint density at radius 1 is 1.13 bits per heavy atom. The quantitative estimate of drug-likeness (QED) is 0.877. The van der Waals surface area contributed by atoms with Crippen molar-refractivity contribution in [2.45, 2.75) is 44.2 Å².